The topological polar surface area (TPSA) is 102 Å². The molecule has 33 heavy (non-hydrogen) atoms. The molecule has 4 aromatic rings. The van der Waals surface area contributed by atoms with E-state index in [1.807, 2.05) is 34.0 Å². The number of hydrogen-bond acceptors (Lipinski definition) is 8. The van der Waals surface area contributed by atoms with Gasteiger partial charge in [-0.25, -0.2) is 9.37 Å². The molecule has 2 fully saturated rings. The Kier molecular flexibility index (Phi) is 4.75. The lowest BCUT2D eigenvalue weighted by molar-refractivity contribution is -0.0266. The van der Waals surface area contributed by atoms with Crippen molar-refractivity contribution in [3.05, 3.63) is 54.2 Å². The maximum Gasteiger partial charge on any atom is 0.275 e. The van der Waals surface area contributed by atoms with Gasteiger partial charge >= 0.3 is 0 Å². The molecule has 1 amide bonds. The van der Waals surface area contributed by atoms with Crippen LogP contribution in [-0.4, -0.2) is 75.1 Å². The summed E-state index contributed by atoms with van der Waals surface area (Å²) in [5, 5.41) is 9.65. The second-order valence-corrected chi connectivity index (χ2v) is 8.07. The first-order valence-electron chi connectivity index (χ1n) is 10.7. The molecule has 11 heteroatoms. The van der Waals surface area contributed by atoms with E-state index < -0.39 is 11.7 Å². The number of ether oxygens (including phenoxy) is 1. The zero-order valence-electron chi connectivity index (χ0n) is 17.6. The Hall–Kier alpha value is -3.86. The molecule has 168 valence electrons. The van der Waals surface area contributed by atoms with E-state index in [9.17, 15) is 9.18 Å². The summed E-state index contributed by atoms with van der Waals surface area (Å²) in [5.41, 5.74) is 1.65. The van der Waals surface area contributed by atoms with E-state index in [4.69, 9.17) is 9.26 Å². The molecule has 5 heterocycles. The maximum atomic E-state index is 13.9. The Labute approximate surface area is 187 Å². The second kappa shape index (κ2) is 7.93. The van der Waals surface area contributed by atoms with Crippen molar-refractivity contribution in [1.29, 1.82) is 0 Å². The zero-order valence-corrected chi connectivity index (χ0v) is 17.6. The first-order chi connectivity index (χ1) is 16.2. The van der Waals surface area contributed by atoms with Crippen molar-refractivity contribution in [2.75, 3.05) is 44.3 Å². The molecule has 0 saturated carbocycles. The molecule has 0 atom stereocenters. The predicted molar refractivity (Wildman–Crippen MR) is 115 cm³/mol. The van der Waals surface area contributed by atoms with E-state index in [1.165, 1.54) is 18.3 Å². The van der Waals surface area contributed by atoms with E-state index in [0.717, 1.165) is 16.5 Å². The Balaban J connectivity index is 1.16. The summed E-state index contributed by atoms with van der Waals surface area (Å²) in [4.78, 5) is 24.6. The predicted octanol–water partition coefficient (Wildman–Crippen LogP) is 2.15. The van der Waals surface area contributed by atoms with Crippen molar-refractivity contribution in [3.8, 4) is 11.5 Å². The van der Waals surface area contributed by atoms with E-state index in [1.54, 1.807) is 4.90 Å². The Morgan fingerprint density at radius 3 is 2.73 bits per heavy atom. The average molecular weight is 449 g/mol. The molecule has 0 radical (unpaired) electrons. The molecule has 0 N–H and O–H groups in total. The van der Waals surface area contributed by atoms with E-state index in [2.05, 4.69) is 20.2 Å². The van der Waals surface area contributed by atoms with Crippen molar-refractivity contribution < 1.29 is 18.4 Å². The lowest BCUT2D eigenvalue weighted by Crippen LogP contribution is -2.49. The van der Waals surface area contributed by atoms with Crippen LogP contribution >= 0.6 is 0 Å². The molecule has 2 saturated heterocycles. The second-order valence-electron chi connectivity index (χ2n) is 8.07. The molecule has 0 spiro atoms. The molecule has 0 bridgehead atoms. The van der Waals surface area contributed by atoms with Crippen LogP contribution in [-0.2, 0) is 4.74 Å². The number of anilines is 1. The summed E-state index contributed by atoms with van der Waals surface area (Å²) in [6, 6.07) is 8.86. The highest BCUT2D eigenvalue weighted by molar-refractivity contribution is 5.92. The van der Waals surface area contributed by atoms with Gasteiger partial charge in [0.1, 0.15) is 0 Å². The quantitative estimate of drug-likeness (QED) is 0.467. The number of fused-ring (bicyclic) bond motifs is 1. The number of halogens is 1. The number of carbonyl (C=O) groups excluding carboxylic acids is 1. The summed E-state index contributed by atoms with van der Waals surface area (Å²) in [6.45, 7) is 3.15. The van der Waals surface area contributed by atoms with Gasteiger partial charge in [0.05, 0.1) is 31.0 Å². The van der Waals surface area contributed by atoms with E-state index in [0.29, 0.717) is 51.2 Å². The van der Waals surface area contributed by atoms with Crippen LogP contribution in [0.3, 0.4) is 0 Å². The standard InChI is InChI=1S/C22H20FN7O3/c23-17-2-1-5-24-19(17)21(31)28-6-8-29(9-7-28)22-26-20(33-27-22)14-3-4-15-11-25-30(18(15)10-14)16-12-32-13-16/h1-5,10-11,16H,6-9,12-13H2. The van der Waals surface area contributed by atoms with Crippen LogP contribution in [0.25, 0.3) is 22.4 Å². The van der Waals surface area contributed by atoms with Crippen molar-refractivity contribution in [3.63, 3.8) is 0 Å². The van der Waals surface area contributed by atoms with Crippen molar-refractivity contribution >= 4 is 22.8 Å². The van der Waals surface area contributed by atoms with Crippen molar-refractivity contribution in [2.24, 2.45) is 0 Å². The van der Waals surface area contributed by atoms with Crippen LogP contribution in [0.5, 0.6) is 0 Å². The first kappa shape index (κ1) is 19.8. The summed E-state index contributed by atoms with van der Waals surface area (Å²) >= 11 is 0. The van der Waals surface area contributed by atoms with Crippen molar-refractivity contribution in [2.45, 2.75) is 6.04 Å². The number of aromatic nitrogens is 5. The fourth-order valence-corrected chi connectivity index (χ4v) is 4.09. The maximum absolute atomic E-state index is 13.9. The molecule has 6 rings (SSSR count). The number of nitrogens with zero attached hydrogens (tertiary/aromatic N) is 7. The number of pyridine rings is 1. The van der Waals surface area contributed by atoms with Gasteiger partial charge in [-0.05, 0) is 29.4 Å². The minimum Gasteiger partial charge on any atom is -0.377 e. The number of carbonyl (C=O) groups is 1. The van der Waals surface area contributed by atoms with Crippen LogP contribution in [0.2, 0.25) is 0 Å². The molecule has 10 nitrogen and oxygen atoms in total. The van der Waals surface area contributed by atoms with E-state index >= 15 is 0 Å². The van der Waals surface area contributed by atoms with E-state index in [-0.39, 0.29) is 11.7 Å². The van der Waals surface area contributed by atoms with Gasteiger partial charge in [-0.1, -0.05) is 6.07 Å². The molecule has 2 aliphatic heterocycles. The molecule has 1 aromatic carbocycles. The van der Waals surface area contributed by atoms with Crippen LogP contribution in [0.4, 0.5) is 10.3 Å². The smallest absolute Gasteiger partial charge is 0.275 e. The average Bonchev–Trinajstić information content (AvgIpc) is 3.46. The van der Waals surface area contributed by atoms with Crippen molar-refractivity contribution in [1.82, 2.24) is 29.8 Å². The van der Waals surface area contributed by atoms with Gasteiger partial charge in [0, 0.05) is 43.3 Å². The molecule has 3 aromatic heterocycles. The Morgan fingerprint density at radius 1 is 1.12 bits per heavy atom. The number of hydrogen-bond donors (Lipinski definition) is 0. The van der Waals surface area contributed by atoms with Gasteiger partial charge in [-0.15, -0.1) is 0 Å². The van der Waals surface area contributed by atoms with Crippen LogP contribution in [0.15, 0.2) is 47.2 Å². The fraction of sp³-hybridized carbons (Fsp3) is 0.318. The third-order valence-electron chi connectivity index (χ3n) is 6.04. The Morgan fingerprint density at radius 2 is 1.97 bits per heavy atom. The van der Waals surface area contributed by atoms with Gasteiger partial charge in [-0.3, -0.25) is 9.48 Å². The zero-order chi connectivity index (χ0) is 22.4. The SMILES string of the molecule is O=C(c1ncccc1F)N1CCN(c2noc(-c3ccc4cnn(C5COC5)c4c3)n2)CC1. The minimum absolute atomic E-state index is 0.157. The monoisotopic (exact) mass is 449 g/mol. The molecule has 0 unspecified atom stereocenters. The van der Waals surface area contributed by atoms with Crippen LogP contribution in [0, 0.1) is 5.82 Å². The number of rotatable bonds is 4. The first-order valence-corrected chi connectivity index (χ1v) is 10.7. The highest BCUT2D eigenvalue weighted by Gasteiger charge is 2.27. The summed E-state index contributed by atoms with van der Waals surface area (Å²) in [5.74, 6) is -0.153. The summed E-state index contributed by atoms with van der Waals surface area (Å²) in [7, 11) is 0. The third kappa shape index (κ3) is 3.50. The summed E-state index contributed by atoms with van der Waals surface area (Å²) < 4.78 is 26.7. The Bertz CT molecular complexity index is 1320. The normalized spacial score (nSPS) is 16.9. The number of piperazine rings is 1. The highest BCUT2D eigenvalue weighted by Crippen LogP contribution is 2.28. The van der Waals surface area contributed by atoms with Gasteiger partial charge in [-0.2, -0.15) is 10.1 Å². The summed E-state index contributed by atoms with van der Waals surface area (Å²) in [6.07, 6.45) is 3.26. The molecule has 2 aliphatic rings. The largest absolute Gasteiger partial charge is 0.377 e. The lowest BCUT2D eigenvalue weighted by atomic mass is 10.1. The van der Waals surface area contributed by atoms with Gasteiger partial charge in [0.2, 0.25) is 0 Å². The lowest BCUT2D eigenvalue weighted by Gasteiger charge is -2.33. The minimum atomic E-state index is -0.615. The van der Waals surface area contributed by atoms with Gasteiger partial charge < -0.3 is 19.1 Å². The van der Waals surface area contributed by atoms with Crippen LogP contribution in [0.1, 0.15) is 16.5 Å². The number of benzene rings is 1. The van der Waals surface area contributed by atoms with Crippen LogP contribution < -0.4 is 4.90 Å². The third-order valence-corrected chi connectivity index (χ3v) is 6.04. The molecule has 0 aliphatic carbocycles. The van der Waals surface area contributed by atoms with Gasteiger partial charge in [0.15, 0.2) is 11.5 Å². The number of amides is 1. The fourth-order valence-electron chi connectivity index (χ4n) is 4.09. The molecular formula is C22H20FN7O3. The van der Waals surface area contributed by atoms with Gasteiger partial charge in [0.25, 0.3) is 17.7 Å². The highest BCUT2D eigenvalue weighted by atomic mass is 19.1. The molecular weight excluding hydrogens is 429 g/mol.